The number of hydrogen-bond acceptors (Lipinski definition) is 6. The van der Waals surface area contributed by atoms with Gasteiger partial charge in [0, 0.05) is 24.2 Å². The van der Waals surface area contributed by atoms with Gasteiger partial charge in [0.2, 0.25) is 15.9 Å². The molecule has 1 aromatic rings. The van der Waals surface area contributed by atoms with Crippen LogP contribution in [0.2, 0.25) is 0 Å². The second-order valence-corrected chi connectivity index (χ2v) is 5.86. The van der Waals surface area contributed by atoms with Crippen LogP contribution in [-0.2, 0) is 14.8 Å². The molecule has 1 unspecified atom stereocenters. The Morgan fingerprint density at radius 3 is 2.60 bits per heavy atom. The van der Waals surface area contributed by atoms with Crippen molar-refractivity contribution in [3.63, 3.8) is 0 Å². The topological polar surface area (TPSA) is 158 Å². The van der Waals surface area contributed by atoms with Gasteiger partial charge < -0.3 is 11.5 Å². The minimum absolute atomic E-state index is 0.0702. The lowest BCUT2D eigenvalue weighted by Crippen LogP contribution is -2.35. The summed E-state index contributed by atoms with van der Waals surface area (Å²) in [6, 6.07) is 2.44. The molecule has 0 spiro atoms. The number of hydrogen-bond donors (Lipinski definition) is 3. The molecule has 1 aromatic carbocycles. The number of sulfonamides is 1. The number of nitrogens with two attached hydrogens (primary N) is 2. The zero-order chi connectivity index (χ0) is 15.5. The molecular formula is C10H14N4O5S. The highest BCUT2D eigenvalue weighted by Gasteiger charge is 2.27. The Balaban J connectivity index is 3.16. The fourth-order valence-corrected chi connectivity index (χ4v) is 2.97. The molecule has 0 bridgehead atoms. The highest BCUT2D eigenvalue weighted by molar-refractivity contribution is 7.89. The Morgan fingerprint density at radius 2 is 2.10 bits per heavy atom. The van der Waals surface area contributed by atoms with Crippen LogP contribution in [0.3, 0.4) is 0 Å². The molecule has 0 aromatic heterocycles. The predicted molar refractivity (Wildman–Crippen MR) is 71.1 cm³/mol. The van der Waals surface area contributed by atoms with E-state index < -0.39 is 37.5 Å². The molecule has 20 heavy (non-hydrogen) atoms. The Hall–Kier alpha value is -2.20. The van der Waals surface area contributed by atoms with Gasteiger partial charge in [0.1, 0.15) is 0 Å². The van der Waals surface area contributed by atoms with E-state index in [1.165, 1.54) is 13.0 Å². The van der Waals surface area contributed by atoms with Gasteiger partial charge in [0.15, 0.2) is 4.90 Å². The number of nitrogen functional groups attached to an aromatic ring is 1. The zero-order valence-electron chi connectivity index (χ0n) is 10.6. The first-order valence-corrected chi connectivity index (χ1v) is 6.96. The summed E-state index contributed by atoms with van der Waals surface area (Å²) in [5.41, 5.74) is 9.78. The molecular weight excluding hydrogens is 288 g/mol. The number of nitrogens with one attached hydrogen (secondary N) is 1. The van der Waals surface area contributed by atoms with Crippen molar-refractivity contribution < 1.29 is 18.1 Å². The molecule has 0 fully saturated rings. The number of primary amides is 1. The lowest BCUT2D eigenvalue weighted by Gasteiger charge is -2.12. The second kappa shape index (κ2) is 5.84. The van der Waals surface area contributed by atoms with Crippen LogP contribution in [0.4, 0.5) is 11.4 Å². The van der Waals surface area contributed by atoms with Crippen molar-refractivity contribution in [3.05, 3.63) is 28.3 Å². The zero-order valence-corrected chi connectivity index (χ0v) is 11.4. The number of nitro groups is 1. The van der Waals surface area contributed by atoms with Crippen LogP contribution in [-0.4, -0.2) is 25.3 Å². The molecule has 1 amide bonds. The maximum absolute atomic E-state index is 12.1. The molecule has 0 saturated heterocycles. The van der Waals surface area contributed by atoms with E-state index in [2.05, 4.69) is 4.72 Å². The van der Waals surface area contributed by atoms with Crippen molar-refractivity contribution in [3.8, 4) is 0 Å². The smallest absolute Gasteiger partial charge is 0.291 e. The van der Waals surface area contributed by atoms with Gasteiger partial charge in [-0.05, 0) is 19.1 Å². The van der Waals surface area contributed by atoms with E-state index in [9.17, 15) is 23.3 Å². The molecule has 0 aliphatic carbocycles. The molecule has 0 saturated carbocycles. The lowest BCUT2D eigenvalue weighted by atomic mass is 10.2. The van der Waals surface area contributed by atoms with E-state index >= 15 is 0 Å². The summed E-state index contributed by atoms with van der Waals surface area (Å²) in [6.45, 7) is 1.42. The number of rotatable bonds is 6. The lowest BCUT2D eigenvalue weighted by molar-refractivity contribution is -0.387. The number of nitro benzene ring substituents is 1. The normalized spacial score (nSPS) is 12.8. The molecule has 1 rings (SSSR count). The van der Waals surface area contributed by atoms with Gasteiger partial charge in [-0.3, -0.25) is 14.9 Å². The summed E-state index contributed by atoms with van der Waals surface area (Å²) in [5, 5.41) is 10.9. The summed E-state index contributed by atoms with van der Waals surface area (Å²) < 4.78 is 26.2. The first-order chi connectivity index (χ1) is 9.13. The third-order valence-electron chi connectivity index (χ3n) is 2.33. The van der Waals surface area contributed by atoms with Gasteiger partial charge in [-0.2, -0.15) is 0 Å². The van der Waals surface area contributed by atoms with Crippen molar-refractivity contribution in [2.45, 2.75) is 24.3 Å². The van der Waals surface area contributed by atoms with E-state index in [1.807, 2.05) is 0 Å². The minimum atomic E-state index is -4.15. The van der Waals surface area contributed by atoms with Gasteiger partial charge in [-0.15, -0.1) is 0 Å². The quantitative estimate of drug-likeness (QED) is 0.372. The molecule has 9 nitrogen and oxygen atoms in total. The van der Waals surface area contributed by atoms with Gasteiger partial charge in [-0.1, -0.05) is 0 Å². The van der Waals surface area contributed by atoms with Crippen LogP contribution in [0.25, 0.3) is 0 Å². The fourth-order valence-electron chi connectivity index (χ4n) is 1.58. The number of amides is 1. The van der Waals surface area contributed by atoms with Crippen molar-refractivity contribution >= 4 is 27.3 Å². The van der Waals surface area contributed by atoms with Gasteiger partial charge in [0.25, 0.3) is 5.69 Å². The van der Waals surface area contributed by atoms with E-state index in [4.69, 9.17) is 11.5 Å². The summed E-state index contributed by atoms with van der Waals surface area (Å²) >= 11 is 0. The number of benzene rings is 1. The average molecular weight is 302 g/mol. The highest BCUT2D eigenvalue weighted by atomic mass is 32.2. The maximum atomic E-state index is 12.1. The molecule has 10 heteroatoms. The highest BCUT2D eigenvalue weighted by Crippen LogP contribution is 2.26. The molecule has 5 N–H and O–H groups in total. The van der Waals surface area contributed by atoms with E-state index in [0.717, 1.165) is 12.1 Å². The van der Waals surface area contributed by atoms with Crippen LogP contribution in [0.5, 0.6) is 0 Å². The van der Waals surface area contributed by atoms with E-state index in [-0.39, 0.29) is 12.1 Å². The van der Waals surface area contributed by atoms with Crippen LogP contribution in [0.15, 0.2) is 23.1 Å². The SMILES string of the molecule is CC(CC(N)=O)NS(=O)(=O)c1ccc(N)cc1[N+](=O)[O-]. The number of carbonyl (C=O) groups is 1. The van der Waals surface area contributed by atoms with Gasteiger partial charge in [0.05, 0.1) is 4.92 Å². The third-order valence-corrected chi connectivity index (χ3v) is 3.97. The van der Waals surface area contributed by atoms with Crippen molar-refractivity contribution in [2.75, 3.05) is 5.73 Å². The summed E-state index contributed by atoms with van der Waals surface area (Å²) in [6.07, 6.45) is -0.220. The van der Waals surface area contributed by atoms with Gasteiger partial charge in [-0.25, -0.2) is 13.1 Å². The van der Waals surface area contributed by atoms with Gasteiger partial charge >= 0.3 is 0 Å². The monoisotopic (exact) mass is 302 g/mol. The Morgan fingerprint density at radius 1 is 1.50 bits per heavy atom. The molecule has 1 atom stereocenters. The van der Waals surface area contributed by atoms with Crippen LogP contribution >= 0.6 is 0 Å². The van der Waals surface area contributed by atoms with E-state index in [0.29, 0.717) is 0 Å². The first-order valence-electron chi connectivity index (χ1n) is 5.48. The minimum Gasteiger partial charge on any atom is -0.399 e. The Bertz CT molecular complexity index is 643. The third kappa shape index (κ3) is 3.90. The molecule has 0 radical (unpaired) electrons. The average Bonchev–Trinajstić information content (AvgIpc) is 2.26. The van der Waals surface area contributed by atoms with Crippen molar-refractivity contribution in [1.82, 2.24) is 4.72 Å². The number of nitrogens with zero attached hydrogens (tertiary/aromatic N) is 1. The fraction of sp³-hybridized carbons (Fsp3) is 0.300. The predicted octanol–water partition coefficient (Wildman–Crippen LogP) is -0.281. The van der Waals surface area contributed by atoms with Crippen LogP contribution in [0.1, 0.15) is 13.3 Å². The molecule has 110 valence electrons. The van der Waals surface area contributed by atoms with E-state index in [1.54, 1.807) is 0 Å². The Labute approximate surface area is 115 Å². The number of carbonyl (C=O) groups excluding carboxylic acids is 1. The van der Waals surface area contributed by atoms with Crippen molar-refractivity contribution in [2.24, 2.45) is 5.73 Å². The molecule has 0 heterocycles. The standard InChI is InChI=1S/C10H14N4O5S/c1-6(4-10(12)15)13-20(18,19)9-3-2-7(11)5-8(9)14(16)17/h2-3,5-6,13H,4,11H2,1H3,(H2,12,15). The molecule has 0 aliphatic heterocycles. The Kier molecular flexibility index (Phi) is 4.63. The van der Waals surface area contributed by atoms with Crippen molar-refractivity contribution in [1.29, 1.82) is 0 Å². The summed E-state index contributed by atoms with van der Waals surface area (Å²) in [7, 11) is -4.15. The summed E-state index contributed by atoms with van der Waals surface area (Å²) in [5.74, 6) is -0.688. The van der Waals surface area contributed by atoms with Crippen LogP contribution in [0, 0.1) is 10.1 Å². The number of anilines is 1. The summed E-state index contributed by atoms with van der Waals surface area (Å²) in [4.78, 5) is 20.2. The second-order valence-electron chi connectivity index (χ2n) is 4.18. The maximum Gasteiger partial charge on any atom is 0.291 e. The molecule has 0 aliphatic rings. The first kappa shape index (κ1) is 15.9. The van der Waals surface area contributed by atoms with Crippen LogP contribution < -0.4 is 16.2 Å². The largest absolute Gasteiger partial charge is 0.399 e.